The number of rotatable bonds is 5. The van der Waals surface area contributed by atoms with Crippen molar-refractivity contribution in [3.8, 4) is 11.1 Å². The Morgan fingerprint density at radius 2 is 1.61 bits per heavy atom. The first-order valence-corrected chi connectivity index (χ1v) is 10.3. The van der Waals surface area contributed by atoms with Crippen LogP contribution in [-0.2, 0) is 12.6 Å². The van der Waals surface area contributed by atoms with Gasteiger partial charge in [-0.25, -0.2) is 4.79 Å². The number of aromatic nitrogens is 1. The molecule has 0 bridgehead atoms. The second-order valence-electron chi connectivity index (χ2n) is 7.59. The van der Waals surface area contributed by atoms with Gasteiger partial charge in [0.05, 0.1) is 10.6 Å². The molecule has 2 atom stereocenters. The average molecular weight is 500 g/mol. The van der Waals surface area contributed by atoms with E-state index in [0.717, 1.165) is 22.9 Å². The average Bonchev–Trinajstić information content (AvgIpc) is 2.73. The molecular formula is C23H18Cl2F3NO4. The van der Waals surface area contributed by atoms with Crippen LogP contribution in [0.3, 0.4) is 0 Å². The van der Waals surface area contributed by atoms with Crippen molar-refractivity contribution >= 4 is 29.2 Å². The Balaban J connectivity index is 2.10. The molecule has 2 aromatic carbocycles. The molecule has 2 unspecified atom stereocenters. The highest BCUT2D eigenvalue weighted by atomic mass is 35.5. The molecule has 3 rings (SSSR count). The molecule has 5 nitrogen and oxygen atoms in total. The largest absolute Gasteiger partial charge is 0.478 e. The molecule has 0 aliphatic carbocycles. The summed E-state index contributed by atoms with van der Waals surface area (Å²) < 4.78 is 43.4. The Labute approximate surface area is 196 Å². The molecule has 1 aromatic heterocycles. The number of carbonyl (C=O) groups is 1. The topological polar surface area (TPSA) is 79.5 Å². The van der Waals surface area contributed by atoms with Crippen molar-refractivity contribution in [1.29, 1.82) is 0 Å². The van der Waals surface area contributed by atoms with Gasteiger partial charge in [-0.3, -0.25) is 4.79 Å². The fourth-order valence-corrected chi connectivity index (χ4v) is 4.17. The van der Waals surface area contributed by atoms with E-state index in [1.165, 1.54) is 44.3 Å². The van der Waals surface area contributed by atoms with E-state index in [0.29, 0.717) is 11.1 Å². The summed E-state index contributed by atoms with van der Waals surface area (Å²) in [6.07, 6.45) is -4.14. The van der Waals surface area contributed by atoms with Crippen LogP contribution >= 0.6 is 23.2 Å². The van der Waals surface area contributed by atoms with Crippen molar-refractivity contribution in [1.82, 2.24) is 4.57 Å². The molecular weight excluding hydrogens is 482 g/mol. The quantitative estimate of drug-likeness (QED) is 0.478. The molecule has 0 spiro atoms. The standard InChI is InChI=1S/C23H18Cl2F3NO4/c1-12(22(33,23(26,27)28)15-5-8-20(30)29(2)11-15)16-6-3-14(10-19(16)25)13-4-7-18(24)17(9-13)21(31)32/h3-12,33H,1-2H3,(H,31,32). The Bertz CT molecular complexity index is 1290. The van der Waals surface area contributed by atoms with Crippen molar-refractivity contribution in [2.24, 2.45) is 7.05 Å². The zero-order chi connectivity index (χ0) is 24.7. The molecule has 2 N–H and O–H groups in total. The lowest BCUT2D eigenvalue weighted by Crippen LogP contribution is -2.47. The summed E-state index contributed by atoms with van der Waals surface area (Å²) >= 11 is 12.2. The second-order valence-corrected chi connectivity index (χ2v) is 8.40. The van der Waals surface area contributed by atoms with Gasteiger partial charge in [0.1, 0.15) is 0 Å². The van der Waals surface area contributed by atoms with Gasteiger partial charge in [-0.05, 0) is 41.0 Å². The highest BCUT2D eigenvalue weighted by Crippen LogP contribution is 2.49. The van der Waals surface area contributed by atoms with Crippen molar-refractivity contribution in [3.05, 3.63) is 91.8 Å². The number of carboxylic acid groups (broad SMARTS) is 1. The summed E-state index contributed by atoms with van der Waals surface area (Å²) in [4.78, 5) is 23.0. The van der Waals surface area contributed by atoms with Gasteiger partial charge in [0.25, 0.3) is 0 Å². The van der Waals surface area contributed by atoms with Crippen LogP contribution in [0.5, 0.6) is 0 Å². The maximum Gasteiger partial charge on any atom is 0.422 e. The molecule has 1 heterocycles. The number of aryl methyl sites for hydroxylation is 1. The van der Waals surface area contributed by atoms with Gasteiger partial charge >= 0.3 is 12.1 Å². The molecule has 33 heavy (non-hydrogen) atoms. The van der Waals surface area contributed by atoms with Crippen LogP contribution in [0.2, 0.25) is 10.0 Å². The van der Waals surface area contributed by atoms with E-state index in [1.807, 2.05) is 0 Å². The highest BCUT2D eigenvalue weighted by Gasteiger charge is 2.59. The van der Waals surface area contributed by atoms with E-state index in [9.17, 15) is 33.0 Å². The van der Waals surface area contributed by atoms with Crippen LogP contribution in [-0.4, -0.2) is 26.9 Å². The number of benzene rings is 2. The van der Waals surface area contributed by atoms with E-state index in [2.05, 4.69) is 0 Å². The number of aromatic carboxylic acids is 1. The number of hydrogen-bond acceptors (Lipinski definition) is 3. The lowest BCUT2D eigenvalue weighted by atomic mass is 9.78. The molecule has 174 valence electrons. The van der Waals surface area contributed by atoms with Crippen molar-refractivity contribution in [2.45, 2.75) is 24.6 Å². The predicted molar refractivity (Wildman–Crippen MR) is 119 cm³/mol. The Morgan fingerprint density at radius 3 is 2.15 bits per heavy atom. The van der Waals surface area contributed by atoms with Crippen LogP contribution in [0.25, 0.3) is 11.1 Å². The van der Waals surface area contributed by atoms with E-state index >= 15 is 0 Å². The Morgan fingerprint density at radius 1 is 1.00 bits per heavy atom. The fraction of sp³-hybridized carbons (Fsp3) is 0.217. The van der Waals surface area contributed by atoms with Crippen molar-refractivity contribution in [2.75, 3.05) is 0 Å². The normalized spacial score (nSPS) is 14.5. The molecule has 0 aliphatic heterocycles. The summed E-state index contributed by atoms with van der Waals surface area (Å²) in [5.41, 5.74) is -3.59. The lowest BCUT2D eigenvalue weighted by molar-refractivity contribution is -0.274. The predicted octanol–water partition coefficient (Wildman–Crippen LogP) is 5.61. The smallest absolute Gasteiger partial charge is 0.422 e. The number of halogens is 5. The van der Waals surface area contributed by atoms with Gasteiger partial charge < -0.3 is 14.8 Å². The van der Waals surface area contributed by atoms with Gasteiger partial charge in [0.15, 0.2) is 5.60 Å². The highest BCUT2D eigenvalue weighted by molar-refractivity contribution is 6.33. The Kier molecular flexibility index (Phi) is 6.66. The molecule has 0 fully saturated rings. The summed E-state index contributed by atoms with van der Waals surface area (Å²) in [6, 6.07) is 10.4. The van der Waals surface area contributed by atoms with Crippen LogP contribution in [0, 0.1) is 0 Å². The number of carboxylic acids is 1. The van der Waals surface area contributed by atoms with Gasteiger partial charge in [0.2, 0.25) is 5.56 Å². The first kappa shape index (κ1) is 24.8. The van der Waals surface area contributed by atoms with Gasteiger partial charge in [-0.1, -0.05) is 48.3 Å². The molecule has 0 amide bonds. The van der Waals surface area contributed by atoms with Crippen LogP contribution < -0.4 is 5.56 Å². The minimum absolute atomic E-state index is 0.0153. The third kappa shape index (κ3) is 4.51. The number of alkyl halides is 3. The van der Waals surface area contributed by atoms with E-state index in [-0.39, 0.29) is 21.2 Å². The minimum Gasteiger partial charge on any atom is -0.478 e. The fourth-order valence-electron chi connectivity index (χ4n) is 3.63. The second kappa shape index (κ2) is 8.85. The van der Waals surface area contributed by atoms with E-state index in [1.54, 1.807) is 6.07 Å². The molecule has 3 aromatic rings. The Hall–Kier alpha value is -2.81. The van der Waals surface area contributed by atoms with Gasteiger partial charge in [0, 0.05) is 35.8 Å². The minimum atomic E-state index is -5.08. The molecule has 0 aliphatic rings. The van der Waals surface area contributed by atoms with Gasteiger partial charge in [-0.2, -0.15) is 13.2 Å². The SMILES string of the molecule is CC(c1ccc(-c2ccc(Cl)c(C(=O)O)c2)cc1Cl)C(O)(c1ccc(=O)n(C)c1)C(F)(F)F. The summed E-state index contributed by atoms with van der Waals surface area (Å²) in [5, 5.41) is 20.2. The summed E-state index contributed by atoms with van der Waals surface area (Å²) in [5.74, 6) is -2.78. The van der Waals surface area contributed by atoms with E-state index < -0.39 is 34.8 Å². The first-order chi connectivity index (χ1) is 15.3. The monoisotopic (exact) mass is 499 g/mol. The summed E-state index contributed by atoms with van der Waals surface area (Å²) in [7, 11) is 1.28. The van der Waals surface area contributed by atoms with Crippen LogP contribution in [0.4, 0.5) is 13.2 Å². The van der Waals surface area contributed by atoms with Crippen LogP contribution in [0.15, 0.2) is 59.5 Å². The zero-order valence-electron chi connectivity index (χ0n) is 17.3. The number of hydrogen-bond donors (Lipinski definition) is 2. The summed E-state index contributed by atoms with van der Waals surface area (Å²) in [6.45, 7) is 1.18. The van der Waals surface area contributed by atoms with Crippen molar-refractivity contribution in [3.63, 3.8) is 0 Å². The first-order valence-electron chi connectivity index (χ1n) is 9.56. The number of nitrogens with zero attached hydrogens (tertiary/aromatic N) is 1. The maximum atomic E-state index is 14.1. The lowest BCUT2D eigenvalue weighted by Gasteiger charge is -2.37. The molecule has 0 saturated carbocycles. The third-order valence-corrected chi connectivity index (χ3v) is 6.24. The maximum absolute atomic E-state index is 14.1. The number of aliphatic hydroxyl groups is 1. The molecule has 10 heteroatoms. The molecule has 0 radical (unpaired) electrons. The van der Waals surface area contributed by atoms with Crippen LogP contribution in [0.1, 0.15) is 34.3 Å². The number of pyridine rings is 1. The van der Waals surface area contributed by atoms with E-state index in [4.69, 9.17) is 23.2 Å². The van der Waals surface area contributed by atoms with Crippen molar-refractivity contribution < 1.29 is 28.2 Å². The zero-order valence-corrected chi connectivity index (χ0v) is 18.8. The van der Waals surface area contributed by atoms with Gasteiger partial charge in [-0.15, -0.1) is 0 Å². The molecule has 0 saturated heterocycles. The third-order valence-electron chi connectivity index (χ3n) is 5.58.